The summed E-state index contributed by atoms with van der Waals surface area (Å²) in [6.07, 6.45) is 2.50. The predicted octanol–water partition coefficient (Wildman–Crippen LogP) is 5.26. The van der Waals surface area contributed by atoms with Gasteiger partial charge in [0.05, 0.1) is 23.6 Å². The molecule has 0 N–H and O–H groups in total. The average molecular weight is 501 g/mol. The largest absolute Gasteiger partial charge is 0.469 e. The summed E-state index contributed by atoms with van der Waals surface area (Å²) < 4.78 is 11.7. The minimum atomic E-state index is -0.152. The predicted molar refractivity (Wildman–Crippen MR) is 120 cm³/mol. The molecule has 2 heterocycles. The Balaban J connectivity index is 1.56. The van der Waals surface area contributed by atoms with E-state index >= 15 is 0 Å². The van der Waals surface area contributed by atoms with Gasteiger partial charge in [0.15, 0.2) is 5.58 Å². The molecule has 0 spiro atoms. The Bertz CT molecular complexity index is 1250. The summed E-state index contributed by atoms with van der Waals surface area (Å²) in [5, 5.41) is 10.4. The number of benzene rings is 2. The number of likely N-dealkylation sites (tertiary alicyclic amines) is 1. The molecule has 0 radical (unpaired) electrons. The number of methoxy groups -OCH3 is 1. The number of halogens is 2. The van der Waals surface area contributed by atoms with Gasteiger partial charge >= 0.3 is 5.97 Å². The van der Waals surface area contributed by atoms with Gasteiger partial charge in [0, 0.05) is 17.1 Å². The molecule has 1 fully saturated rings. The van der Waals surface area contributed by atoms with E-state index in [0.29, 0.717) is 39.7 Å². The number of carbonyl (C=O) groups is 1. The highest BCUT2D eigenvalue weighted by Crippen LogP contribution is 2.43. The van der Waals surface area contributed by atoms with Crippen LogP contribution in [0.3, 0.4) is 0 Å². The van der Waals surface area contributed by atoms with Crippen molar-refractivity contribution in [3.63, 3.8) is 0 Å². The summed E-state index contributed by atoms with van der Waals surface area (Å²) in [7, 11) is 1.44. The molecule has 2 aromatic carbocycles. The van der Waals surface area contributed by atoms with Gasteiger partial charge in [-0.15, -0.1) is 0 Å². The summed E-state index contributed by atoms with van der Waals surface area (Å²) in [6, 6.07) is 10.1. The minimum absolute atomic E-state index is 0.0921. The zero-order valence-corrected chi connectivity index (χ0v) is 19.2. The minimum Gasteiger partial charge on any atom is -0.469 e. The lowest BCUT2D eigenvalue weighted by molar-refractivity contribution is -0.145. The molecule has 3 aromatic rings. The molecule has 0 amide bonds. The van der Waals surface area contributed by atoms with Gasteiger partial charge in [-0.25, -0.2) is 4.98 Å². The fourth-order valence-corrected chi connectivity index (χ4v) is 5.41. The maximum Gasteiger partial charge on any atom is 0.310 e. The molecule has 8 heteroatoms. The van der Waals surface area contributed by atoms with Crippen LogP contribution in [0.5, 0.6) is 0 Å². The topological polar surface area (TPSA) is 79.4 Å². The molecule has 0 bridgehead atoms. The number of nitriles is 1. The zero-order valence-electron chi connectivity index (χ0n) is 16.8. The highest BCUT2D eigenvalue weighted by molar-refractivity contribution is 9.10. The van der Waals surface area contributed by atoms with E-state index in [9.17, 15) is 10.1 Å². The molecule has 158 valence electrons. The number of fused-ring (bicyclic) bond motifs is 2. The number of esters is 1. The standard InChI is InChI=1S/C23H19BrClN3O3/c1-30-23(29)12-7-8-28(11-12)19-6-5-13-15(19)9-18-21(16(13)10-26)31-22(27-18)14-3-2-4-17(24)20(14)25/h2-4,9,12,19H,5-8,11H2,1H3/t12-,19?/m1/s1. The Morgan fingerprint density at radius 1 is 1.42 bits per heavy atom. The molecule has 1 saturated heterocycles. The van der Waals surface area contributed by atoms with Crippen LogP contribution in [-0.4, -0.2) is 36.1 Å². The van der Waals surface area contributed by atoms with Crippen molar-refractivity contribution in [2.45, 2.75) is 25.3 Å². The van der Waals surface area contributed by atoms with E-state index in [4.69, 9.17) is 20.8 Å². The Morgan fingerprint density at radius 3 is 3.03 bits per heavy atom. The number of ether oxygens (including phenoxy) is 1. The first kappa shape index (κ1) is 20.5. The number of nitrogens with zero attached hydrogens (tertiary/aromatic N) is 3. The fourth-order valence-electron chi connectivity index (χ4n) is 4.84. The number of carbonyl (C=O) groups excluding carboxylic acids is 1. The molecule has 1 aromatic heterocycles. The van der Waals surface area contributed by atoms with E-state index in [1.54, 1.807) is 0 Å². The lowest BCUT2D eigenvalue weighted by atomic mass is 10.0. The van der Waals surface area contributed by atoms with Gasteiger partial charge < -0.3 is 9.15 Å². The van der Waals surface area contributed by atoms with Crippen LogP contribution in [0, 0.1) is 17.2 Å². The zero-order chi connectivity index (χ0) is 21.7. The second kappa shape index (κ2) is 7.94. The van der Waals surface area contributed by atoms with E-state index in [1.165, 1.54) is 7.11 Å². The molecule has 0 saturated carbocycles. The van der Waals surface area contributed by atoms with Crippen LogP contribution in [0.15, 0.2) is 33.2 Å². The molecular formula is C23H19BrClN3O3. The van der Waals surface area contributed by atoms with Crippen molar-refractivity contribution in [1.29, 1.82) is 5.26 Å². The van der Waals surface area contributed by atoms with Crippen LogP contribution in [0.1, 0.15) is 35.6 Å². The van der Waals surface area contributed by atoms with Crippen molar-refractivity contribution in [2.24, 2.45) is 5.92 Å². The summed E-state index contributed by atoms with van der Waals surface area (Å²) in [4.78, 5) is 19.0. The van der Waals surface area contributed by atoms with Gasteiger partial charge in [-0.1, -0.05) is 17.7 Å². The number of oxazole rings is 1. The monoisotopic (exact) mass is 499 g/mol. The van der Waals surface area contributed by atoms with E-state index in [2.05, 4.69) is 31.9 Å². The molecule has 31 heavy (non-hydrogen) atoms. The average Bonchev–Trinajstić information content (AvgIpc) is 3.51. The van der Waals surface area contributed by atoms with Crippen LogP contribution in [-0.2, 0) is 16.0 Å². The molecule has 6 nitrogen and oxygen atoms in total. The van der Waals surface area contributed by atoms with Crippen LogP contribution < -0.4 is 0 Å². The quantitative estimate of drug-likeness (QED) is 0.456. The first-order valence-corrected chi connectivity index (χ1v) is 11.3. The second-order valence-corrected chi connectivity index (χ2v) is 9.19. The van der Waals surface area contributed by atoms with Crippen LogP contribution in [0.2, 0.25) is 5.02 Å². The number of rotatable bonds is 3. The van der Waals surface area contributed by atoms with Crippen molar-refractivity contribution < 1.29 is 13.9 Å². The SMILES string of the molecule is COC(=O)[C@@H]1CCN(C2CCc3c2cc2nc(-c4cccc(Br)c4Cl)oc2c3C#N)C1. The second-order valence-electron chi connectivity index (χ2n) is 7.96. The molecule has 2 aliphatic rings. The Hall–Kier alpha value is -2.40. The van der Waals surface area contributed by atoms with E-state index in [1.807, 2.05) is 24.3 Å². The Labute approximate surface area is 192 Å². The summed E-state index contributed by atoms with van der Waals surface area (Å²) >= 11 is 9.87. The maximum atomic E-state index is 12.0. The lowest BCUT2D eigenvalue weighted by Crippen LogP contribution is -2.27. The highest BCUT2D eigenvalue weighted by Gasteiger charge is 2.38. The first-order valence-electron chi connectivity index (χ1n) is 10.1. The van der Waals surface area contributed by atoms with Gasteiger partial charge in [0.1, 0.15) is 17.1 Å². The van der Waals surface area contributed by atoms with Gasteiger partial charge in [-0.2, -0.15) is 5.26 Å². The highest BCUT2D eigenvalue weighted by atomic mass is 79.9. The number of aromatic nitrogens is 1. The van der Waals surface area contributed by atoms with Gasteiger partial charge in [-0.05, 0) is 71.1 Å². The molecular weight excluding hydrogens is 482 g/mol. The smallest absolute Gasteiger partial charge is 0.310 e. The van der Waals surface area contributed by atoms with Crippen molar-refractivity contribution in [1.82, 2.24) is 9.88 Å². The lowest BCUT2D eigenvalue weighted by Gasteiger charge is -2.24. The maximum absolute atomic E-state index is 12.0. The fraction of sp³-hybridized carbons (Fsp3) is 0.348. The van der Waals surface area contributed by atoms with Crippen molar-refractivity contribution in [3.8, 4) is 17.5 Å². The summed E-state index contributed by atoms with van der Waals surface area (Å²) in [6.45, 7) is 1.51. The van der Waals surface area contributed by atoms with Gasteiger partial charge in [0.2, 0.25) is 5.89 Å². The van der Waals surface area contributed by atoms with E-state index < -0.39 is 0 Å². The van der Waals surface area contributed by atoms with Crippen LogP contribution >= 0.6 is 27.5 Å². The molecule has 1 unspecified atom stereocenters. The van der Waals surface area contributed by atoms with E-state index in [-0.39, 0.29) is 17.9 Å². The van der Waals surface area contributed by atoms with Gasteiger partial charge in [-0.3, -0.25) is 9.69 Å². The molecule has 1 aliphatic carbocycles. The van der Waals surface area contributed by atoms with Crippen molar-refractivity contribution in [2.75, 3.05) is 20.2 Å². The third-order valence-corrected chi connectivity index (χ3v) is 7.63. The normalized spacial score (nSPS) is 20.7. The summed E-state index contributed by atoms with van der Waals surface area (Å²) in [5.74, 6) is 0.149. The first-order chi connectivity index (χ1) is 15.0. The molecule has 2 atom stereocenters. The molecule has 1 aliphatic heterocycles. The summed E-state index contributed by atoms with van der Waals surface area (Å²) in [5.41, 5.74) is 4.50. The van der Waals surface area contributed by atoms with Crippen molar-refractivity contribution in [3.05, 3.63) is 50.5 Å². The third kappa shape index (κ3) is 3.34. The van der Waals surface area contributed by atoms with Crippen LogP contribution in [0.4, 0.5) is 0 Å². The Morgan fingerprint density at radius 2 is 2.26 bits per heavy atom. The van der Waals surface area contributed by atoms with E-state index in [0.717, 1.165) is 41.4 Å². The number of hydrogen-bond donors (Lipinski definition) is 0. The molecule has 5 rings (SSSR count). The van der Waals surface area contributed by atoms with Crippen molar-refractivity contribution >= 4 is 44.6 Å². The Kier molecular flexibility index (Phi) is 5.25. The third-order valence-electron chi connectivity index (χ3n) is 6.34. The van der Waals surface area contributed by atoms with Gasteiger partial charge in [0.25, 0.3) is 0 Å². The van der Waals surface area contributed by atoms with Crippen LogP contribution in [0.25, 0.3) is 22.6 Å². The number of hydrogen-bond acceptors (Lipinski definition) is 6.